The number of rotatable bonds is 4. The Hall–Kier alpha value is -2.61. The van der Waals surface area contributed by atoms with Gasteiger partial charge in [-0.05, 0) is 32.4 Å². The summed E-state index contributed by atoms with van der Waals surface area (Å²) in [6.45, 7) is 6.45. The van der Waals surface area contributed by atoms with Gasteiger partial charge in [0.1, 0.15) is 11.6 Å². The predicted octanol–water partition coefficient (Wildman–Crippen LogP) is 3.06. The Morgan fingerprint density at radius 3 is 2.90 bits per heavy atom. The van der Waals surface area contributed by atoms with Gasteiger partial charge in [-0.25, -0.2) is 4.68 Å². The third-order valence-electron chi connectivity index (χ3n) is 2.86. The van der Waals surface area contributed by atoms with E-state index in [9.17, 15) is 0 Å². The van der Waals surface area contributed by atoms with Crippen LogP contribution in [0.25, 0.3) is 5.69 Å². The van der Waals surface area contributed by atoms with Gasteiger partial charge in [0.25, 0.3) is 0 Å². The fourth-order valence-electron chi connectivity index (χ4n) is 1.93. The predicted molar refractivity (Wildman–Crippen MR) is 77.5 cm³/mol. The van der Waals surface area contributed by atoms with Crippen LogP contribution in [0.3, 0.4) is 0 Å². The zero-order valence-corrected chi connectivity index (χ0v) is 11.8. The van der Waals surface area contributed by atoms with Crippen LogP contribution in [-0.4, -0.2) is 22.8 Å². The van der Waals surface area contributed by atoms with E-state index in [4.69, 9.17) is 10.00 Å². The minimum atomic E-state index is 0.418. The van der Waals surface area contributed by atoms with E-state index in [1.165, 1.54) is 18.2 Å². The van der Waals surface area contributed by atoms with Crippen molar-refractivity contribution in [2.75, 3.05) is 6.61 Å². The zero-order chi connectivity index (χ0) is 14.5. The summed E-state index contributed by atoms with van der Waals surface area (Å²) in [5.41, 5.74) is 3.57. The summed E-state index contributed by atoms with van der Waals surface area (Å²) >= 11 is 0. The van der Waals surface area contributed by atoms with Crippen LogP contribution in [-0.2, 0) is 4.74 Å². The molecule has 5 nitrogen and oxygen atoms in total. The van der Waals surface area contributed by atoms with E-state index in [-0.39, 0.29) is 0 Å². The van der Waals surface area contributed by atoms with Crippen molar-refractivity contribution in [3.63, 3.8) is 0 Å². The van der Waals surface area contributed by atoms with Crippen molar-refractivity contribution in [2.45, 2.75) is 20.8 Å². The Morgan fingerprint density at radius 1 is 1.45 bits per heavy atom. The van der Waals surface area contributed by atoms with E-state index in [1.54, 1.807) is 4.68 Å². The highest BCUT2D eigenvalue weighted by atomic mass is 16.5. The summed E-state index contributed by atoms with van der Waals surface area (Å²) in [4.78, 5) is 4.20. The van der Waals surface area contributed by atoms with E-state index in [0.717, 1.165) is 11.3 Å². The lowest BCUT2D eigenvalue weighted by Gasteiger charge is -2.08. The van der Waals surface area contributed by atoms with Gasteiger partial charge in [0.05, 0.1) is 18.5 Å². The maximum absolute atomic E-state index is 9.13. The highest BCUT2D eigenvalue weighted by Crippen LogP contribution is 2.24. The van der Waals surface area contributed by atoms with E-state index in [2.05, 4.69) is 22.2 Å². The molecule has 0 spiro atoms. The molecule has 1 aromatic heterocycles. The second-order valence-electron chi connectivity index (χ2n) is 4.39. The average molecular weight is 268 g/mol. The minimum Gasteiger partial charge on any atom is -0.483 e. The van der Waals surface area contributed by atoms with Gasteiger partial charge >= 0.3 is 0 Å². The molecule has 102 valence electrons. The monoisotopic (exact) mass is 268 g/mol. The Kier molecular flexibility index (Phi) is 4.16. The van der Waals surface area contributed by atoms with Crippen LogP contribution in [0.15, 0.2) is 29.4 Å². The first-order valence-corrected chi connectivity index (χ1v) is 6.37. The first-order chi connectivity index (χ1) is 9.67. The van der Waals surface area contributed by atoms with Crippen molar-refractivity contribution < 1.29 is 4.74 Å². The third kappa shape index (κ3) is 2.69. The molecule has 5 heteroatoms. The van der Waals surface area contributed by atoms with Gasteiger partial charge in [0.15, 0.2) is 12.2 Å². The van der Waals surface area contributed by atoms with Crippen LogP contribution in [0.2, 0.25) is 0 Å². The summed E-state index contributed by atoms with van der Waals surface area (Å²) in [5, 5.41) is 13.4. The highest BCUT2D eigenvalue weighted by molar-refractivity contribution is 5.61. The van der Waals surface area contributed by atoms with Crippen molar-refractivity contribution in [2.24, 2.45) is 4.99 Å². The molecule has 2 aromatic rings. The van der Waals surface area contributed by atoms with Gasteiger partial charge in [0, 0.05) is 0 Å². The quantitative estimate of drug-likeness (QED) is 0.632. The Morgan fingerprint density at radius 2 is 2.25 bits per heavy atom. The molecule has 0 saturated heterocycles. The van der Waals surface area contributed by atoms with Crippen LogP contribution >= 0.6 is 0 Å². The van der Waals surface area contributed by atoms with Crippen LogP contribution in [0.5, 0.6) is 0 Å². The summed E-state index contributed by atoms with van der Waals surface area (Å²) in [6.07, 6.45) is 2.86. The number of aryl methyl sites for hydroxylation is 2. The molecule has 0 amide bonds. The van der Waals surface area contributed by atoms with Gasteiger partial charge in [-0.15, -0.1) is 0 Å². The van der Waals surface area contributed by atoms with E-state index < -0.39 is 0 Å². The van der Waals surface area contributed by atoms with Crippen molar-refractivity contribution in [1.29, 1.82) is 5.26 Å². The minimum absolute atomic E-state index is 0.418. The Labute approximate surface area is 118 Å². The SMILES string of the molecule is CCO/C=N/c1c(C#N)cnn1-c1ccc(C)cc1C. The van der Waals surface area contributed by atoms with Gasteiger partial charge in [-0.1, -0.05) is 17.7 Å². The molecule has 0 aliphatic heterocycles. The van der Waals surface area contributed by atoms with E-state index in [1.807, 2.05) is 32.9 Å². The van der Waals surface area contributed by atoms with Gasteiger partial charge < -0.3 is 4.74 Å². The average Bonchev–Trinajstić information content (AvgIpc) is 2.82. The van der Waals surface area contributed by atoms with Gasteiger partial charge in [0.2, 0.25) is 0 Å². The highest BCUT2D eigenvalue weighted by Gasteiger charge is 2.12. The van der Waals surface area contributed by atoms with Crippen molar-refractivity contribution in [1.82, 2.24) is 9.78 Å². The third-order valence-corrected chi connectivity index (χ3v) is 2.86. The maximum atomic E-state index is 9.13. The van der Waals surface area contributed by atoms with Gasteiger partial charge in [-0.2, -0.15) is 15.4 Å². The number of benzene rings is 1. The molecule has 0 bridgehead atoms. The topological polar surface area (TPSA) is 63.2 Å². The van der Waals surface area contributed by atoms with Crippen molar-refractivity contribution in [3.05, 3.63) is 41.1 Å². The molecule has 0 saturated carbocycles. The summed E-state index contributed by atoms with van der Waals surface area (Å²) in [6, 6.07) is 8.14. The molecular weight excluding hydrogens is 252 g/mol. The molecule has 0 N–H and O–H groups in total. The second-order valence-corrected chi connectivity index (χ2v) is 4.39. The summed E-state index contributed by atoms with van der Waals surface area (Å²) in [7, 11) is 0. The zero-order valence-electron chi connectivity index (χ0n) is 11.8. The lowest BCUT2D eigenvalue weighted by atomic mass is 10.1. The van der Waals surface area contributed by atoms with Crippen LogP contribution in [0.4, 0.5) is 5.82 Å². The first-order valence-electron chi connectivity index (χ1n) is 6.37. The molecule has 0 fully saturated rings. The normalized spacial score (nSPS) is 10.7. The maximum Gasteiger partial charge on any atom is 0.176 e. The van der Waals surface area contributed by atoms with Crippen LogP contribution in [0.1, 0.15) is 23.6 Å². The number of hydrogen-bond acceptors (Lipinski definition) is 4. The molecule has 0 aliphatic carbocycles. The Balaban J connectivity index is 2.51. The van der Waals surface area contributed by atoms with E-state index in [0.29, 0.717) is 18.0 Å². The van der Waals surface area contributed by atoms with Crippen molar-refractivity contribution >= 4 is 12.2 Å². The molecule has 0 radical (unpaired) electrons. The molecule has 0 aliphatic rings. The molecule has 2 rings (SSSR count). The van der Waals surface area contributed by atoms with E-state index >= 15 is 0 Å². The smallest absolute Gasteiger partial charge is 0.176 e. The molecular formula is C15H16N4O. The molecule has 20 heavy (non-hydrogen) atoms. The van der Waals surface area contributed by atoms with Crippen molar-refractivity contribution in [3.8, 4) is 11.8 Å². The molecule has 0 atom stereocenters. The number of ether oxygens (including phenoxy) is 1. The molecule has 1 heterocycles. The van der Waals surface area contributed by atoms with Gasteiger partial charge in [-0.3, -0.25) is 0 Å². The summed E-state index contributed by atoms with van der Waals surface area (Å²) in [5.74, 6) is 0.480. The lowest BCUT2D eigenvalue weighted by molar-refractivity contribution is 0.343. The van der Waals surface area contributed by atoms with Crippen LogP contribution < -0.4 is 0 Å². The number of nitriles is 1. The van der Waals surface area contributed by atoms with Crippen LogP contribution in [0, 0.1) is 25.2 Å². The number of aliphatic imine (C=N–C) groups is 1. The number of hydrogen-bond donors (Lipinski definition) is 0. The Bertz CT molecular complexity index is 680. The summed E-state index contributed by atoms with van der Waals surface area (Å²) < 4.78 is 6.76. The standard InChI is InChI=1S/C15H16N4O/c1-4-20-10-17-15-13(8-16)9-18-19(15)14-6-5-11(2)7-12(14)3/h5-7,9-10H,4H2,1-3H3/b17-10+. The lowest BCUT2D eigenvalue weighted by Crippen LogP contribution is -1.99. The largest absolute Gasteiger partial charge is 0.483 e. The molecule has 0 unspecified atom stereocenters. The second kappa shape index (κ2) is 6.02. The fraction of sp³-hybridized carbons (Fsp3) is 0.267. The first kappa shape index (κ1) is 13.8. The number of aromatic nitrogens is 2. The fourth-order valence-corrected chi connectivity index (χ4v) is 1.93. The molecule has 1 aromatic carbocycles. The number of nitrogens with zero attached hydrogens (tertiary/aromatic N) is 4.